The van der Waals surface area contributed by atoms with Gasteiger partial charge in [-0.2, -0.15) is 0 Å². The fourth-order valence-corrected chi connectivity index (χ4v) is 2.16. The molecule has 1 aliphatic heterocycles. The van der Waals surface area contributed by atoms with E-state index < -0.39 is 0 Å². The number of hydrogen-bond donors (Lipinski definition) is 0. The Bertz CT molecular complexity index is 449. The van der Waals surface area contributed by atoms with Gasteiger partial charge in [-0.05, 0) is 24.6 Å². The number of aryl methyl sites for hydroxylation is 1. The number of benzene rings is 1. The van der Waals surface area contributed by atoms with Crippen LogP contribution in [-0.2, 0) is 14.3 Å². The SMILES string of the molecule is COCC(=O)N1CCOC(COc2cccc(C)c2)C1. The van der Waals surface area contributed by atoms with Gasteiger partial charge in [0, 0.05) is 13.7 Å². The second kappa shape index (κ2) is 7.26. The molecule has 0 bridgehead atoms. The maximum Gasteiger partial charge on any atom is 0.248 e. The molecule has 2 rings (SSSR count). The quantitative estimate of drug-likeness (QED) is 0.814. The molecule has 0 radical (unpaired) electrons. The van der Waals surface area contributed by atoms with Crippen LogP contribution in [0.4, 0.5) is 0 Å². The highest BCUT2D eigenvalue weighted by Gasteiger charge is 2.24. The average molecular weight is 279 g/mol. The molecule has 1 unspecified atom stereocenters. The summed E-state index contributed by atoms with van der Waals surface area (Å²) in [6, 6.07) is 7.89. The first-order valence-corrected chi connectivity index (χ1v) is 6.77. The lowest BCUT2D eigenvalue weighted by Crippen LogP contribution is -2.48. The molecule has 1 fully saturated rings. The van der Waals surface area contributed by atoms with Crippen molar-refractivity contribution < 1.29 is 19.0 Å². The van der Waals surface area contributed by atoms with E-state index in [0.29, 0.717) is 26.3 Å². The van der Waals surface area contributed by atoms with E-state index >= 15 is 0 Å². The van der Waals surface area contributed by atoms with Gasteiger partial charge in [0.15, 0.2) is 0 Å². The van der Waals surface area contributed by atoms with Crippen LogP contribution in [0, 0.1) is 6.92 Å². The van der Waals surface area contributed by atoms with Gasteiger partial charge in [0.05, 0.1) is 13.2 Å². The number of rotatable bonds is 5. The number of morpholine rings is 1. The zero-order chi connectivity index (χ0) is 14.4. The Hall–Kier alpha value is -1.59. The molecule has 1 atom stereocenters. The van der Waals surface area contributed by atoms with Crippen LogP contribution in [0.15, 0.2) is 24.3 Å². The van der Waals surface area contributed by atoms with Crippen molar-refractivity contribution in [1.29, 1.82) is 0 Å². The van der Waals surface area contributed by atoms with Crippen LogP contribution in [-0.4, -0.2) is 56.9 Å². The number of ether oxygens (including phenoxy) is 3. The third-order valence-corrected chi connectivity index (χ3v) is 3.18. The second-order valence-electron chi connectivity index (χ2n) is 4.89. The summed E-state index contributed by atoms with van der Waals surface area (Å²) in [5, 5.41) is 0. The number of nitrogens with zero attached hydrogens (tertiary/aromatic N) is 1. The first kappa shape index (κ1) is 14.8. The van der Waals surface area contributed by atoms with Gasteiger partial charge in [-0.1, -0.05) is 12.1 Å². The minimum atomic E-state index is -0.0925. The highest BCUT2D eigenvalue weighted by atomic mass is 16.5. The Morgan fingerprint density at radius 3 is 3.10 bits per heavy atom. The predicted molar refractivity (Wildman–Crippen MR) is 74.9 cm³/mol. The van der Waals surface area contributed by atoms with E-state index in [9.17, 15) is 4.79 Å². The molecule has 1 aromatic rings. The van der Waals surface area contributed by atoms with Gasteiger partial charge in [-0.3, -0.25) is 4.79 Å². The van der Waals surface area contributed by atoms with Crippen molar-refractivity contribution in [2.24, 2.45) is 0 Å². The van der Waals surface area contributed by atoms with Crippen LogP contribution >= 0.6 is 0 Å². The largest absolute Gasteiger partial charge is 0.491 e. The average Bonchev–Trinajstić information content (AvgIpc) is 2.46. The summed E-state index contributed by atoms with van der Waals surface area (Å²) in [4.78, 5) is 13.5. The maximum absolute atomic E-state index is 11.8. The molecule has 1 heterocycles. The molecule has 5 heteroatoms. The molecule has 1 saturated heterocycles. The Kier molecular flexibility index (Phi) is 5.38. The lowest BCUT2D eigenvalue weighted by Gasteiger charge is -2.32. The molecular formula is C15H21NO4. The molecule has 1 aromatic carbocycles. The number of carbonyl (C=O) groups is 1. The van der Waals surface area contributed by atoms with E-state index in [1.165, 1.54) is 7.11 Å². The lowest BCUT2D eigenvalue weighted by atomic mass is 10.2. The summed E-state index contributed by atoms with van der Waals surface area (Å²) in [5.74, 6) is 0.824. The molecule has 0 saturated carbocycles. The van der Waals surface area contributed by atoms with E-state index in [1.807, 2.05) is 31.2 Å². The minimum absolute atomic E-state index is 0.00337. The van der Waals surface area contributed by atoms with Crippen molar-refractivity contribution in [3.63, 3.8) is 0 Å². The summed E-state index contributed by atoms with van der Waals surface area (Å²) in [6.45, 7) is 4.29. The molecule has 0 N–H and O–H groups in total. The molecule has 0 aliphatic carbocycles. The van der Waals surface area contributed by atoms with Gasteiger partial charge >= 0.3 is 0 Å². The predicted octanol–water partition coefficient (Wildman–Crippen LogP) is 1.25. The first-order valence-electron chi connectivity index (χ1n) is 6.77. The summed E-state index contributed by atoms with van der Waals surface area (Å²) in [6.07, 6.45) is -0.0925. The van der Waals surface area contributed by atoms with Crippen LogP contribution in [0.1, 0.15) is 5.56 Å². The summed E-state index contributed by atoms with van der Waals surface area (Å²) in [5.41, 5.74) is 1.16. The van der Waals surface area contributed by atoms with Gasteiger partial charge in [0.2, 0.25) is 5.91 Å². The summed E-state index contributed by atoms with van der Waals surface area (Å²) >= 11 is 0. The van der Waals surface area contributed by atoms with Crippen LogP contribution in [0.25, 0.3) is 0 Å². The zero-order valence-electron chi connectivity index (χ0n) is 12.0. The van der Waals surface area contributed by atoms with Crippen molar-refractivity contribution in [1.82, 2.24) is 4.90 Å². The molecule has 110 valence electrons. The monoisotopic (exact) mass is 279 g/mol. The van der Waals surface area contributed by atoms with E-state index in [4.69, 9.17) is 14.2 Å². The van der Waals surface area contributed by atoms with Crippen LogP contribution in [0.2, 0.25) is 0 Å². The second-order valence-corrected chi connectivity index (χ2v) is 4.89. The van der Waals surface area contributed by atoms with Crippen LogP contribution < -0.4 is 4.74 Å². The molecule has 1 aliphatic rings. The summed E-state index contributed by atoms with van der Waals surface area (Å²) in [7, 11) is 1.52. The van der Waals surface area contributed by atoms with E-state index in [2.05, 4.69) is 0 Å². The van der Waals surface area contributed by atoms with E-state index in [1.54, 1.807) is 4.90 Å². The van der Waals surface area contributed by atoms with E-state index in [-0.39, 0.29) is 18.6 Å². The van der Waals surface area contributed by atoms with Gasteiger partial charge < -0.3 is 19.1 Å². The zero-order valence-corrected chi connectivity index (χ0v) is 12.0. The minimum Gasteiger partial charge on any atom is -0.491 e. The topological polar surface area (TPSA) is 48.0 Å². The molecule has 0 spiro atoms. The Balaban J connectivity index is 1.82. The third kappa shape index (κ3) is 4.21. The van der Waals surface area contributed by atoms with Gasteiger partial charge in [0.1, 0.15) is 25.1 Å². The highest BCUT2D eigenvalue weighted by molar-refractivity contribution is 5.77. The van der Waals surface area contributed by atoms with Crippen molar-refractivity contribution in [3.05, 3.63) is 29.8 Å². The highest BCUT2D eigenvalue weighted by Crippen LogP contribution is 2.14. The smallest absolute Gasteiger partial charge is 0.248 e. The lowest BCUT2D eigenvalue weighted by molar-refractivity contribution is -0.143. The van der Waals surface area contributed by atoms with Crippen molar-refractivity contribution in [2.45, 2.75) is 13.0 Å². The normalized spacial score (nSPS) is 18.9. The standard InChI is InChI=1S/C15H21NO4/c1-12-4-3-5-13(8-12)20-10-14-9-16(6-7-19-14)15(17)11-18-2/h3-5,8,14H,6-7,9-11H2,1-2H3. The van der Waals surface area contributed by atoms with Crippen LogP contribution in [0.3, 0.4) is 0 Å². The van der Waals surface area contributed by atoms with Crippen molar-refractivity contribution >= 4 is 5.91 Å². The fraction of sp³-hybridized carbons (Fsp3) is 0.533. The van der Waals surface area contributed by atoms with E-state index in [0.717, 1.165) is 11.3 Å². The Morgan fingerprint density at radius 1 is 1.50 bits per heavy atom. The van der Waals surface area contributed by atoms with Crippen LogP contribution in [0.5, 0.6) is 5.75 Å². The van der Waals surface area contributed by atoms with Crippen molar-refractivity contribution in [3.8, 4) is 5.75 Å². The Labute approximate surface area is 119 Å². The maximum atomic E-state index is 11.8. The number of hydrogen-bond acceptors (Lipinski definition) is 4. The molecule has 20 heavy (non-hydrogen) atoms. The molecule has 5 nitrogen and oxygen atoms in total. The molecule has 0 aromatic heterocycles. The Morgan fingerprint density at radius 2 is 2.35 bits per heavy atom. The molecule has 1 amide bonds. The fourth-order valence-electron chi connectivity index (χ4n) is 2.16. The first-order chi connectivity index (χ1) is 9.69. The number of amides is 1. The third-order valence-electron chi connectivity index (χ3n) is 3.18. The molecular weight excluding hydrogens is 258 g/mol. The van der Waals surface area contributed by atoms with Crippen molar-refractivity contribution in [2.75, 3.05) is 40.0 Å². The van der Waals surface area contributed by atoms with Gasteiger partial charge in [0.25, 0.3) is 0 Å². The summed E-state index contributed by atoms with van der Waals surface area (Å²) < 4.78 is 16.2. The van der Waals surface area contributed by atoms with Gasteiger partial charge in [-0.15, -0.1) is 0 Å². The number of carbonyl (C=O) groups excluding carboxylic acids is 1. The number of methoxy groups -OCH3 is 1. The van der Waals surface area contributed by atoms with Gasteiger partial charge in [-0.25, -0.2) is 0 Å².